The second kappa shape index (κ2) is 6.21. The van der Waals surface area contributed by atoms with Crippen molar-refractivity contribution in [2.75, 3.05) is 11.9 Å². The first kappa shape index (κ1) is 15.2. The van der Waals surface area contributed by atoms with Gasteiger partial charge in [0.15, 0.2) is 5.82 Å². The van der Waals surface area contributed by atoms with Crippen LogP contribution in [0.1, 0.15) is 11.7 Å². The number of rotatable bonds is 4. The summed E-state index contributed by atoms with van der Waals surface area (Å²) in [5.41, 5.74) is 0.778. The Kier molecular flexibility index (Phi) is 4.12. The van der Waals surface area contributed by atoms with Crippen molar-refractivity contribution in [3.05, 3.63) is 63.6 Å². The summed E-state index contributed by atoms with van der Waals surface area (Å²) >= 11 is 6.24. The van der Waals surface area contributed by atoms with Crippen molar-refractivity contribution < 1.29 is 4.52 Å². The Morgan fingerprint density at radius 1 is 1.30 bits per heavy atom. The SMILES string of the molecule is Cc1nc(CN(C)c2cnn(-c3ccccc3)c(=O)c2Cl)no1. The van der Waals surface area contributed by atoms with Gasteiger partial charge >= 0.3 is 0 Å². The van der Waals surface area contributed by atoms with Gasteiger partial charge in [0, 0.05) is 14.0 Å². The third kappa shape index (κ3) is 3.09. The van der Waals surface area contributed by atoms with Crippen molar-refractivity contribution in [1.82, 2.24) is 19.9 Å². The van der Waals surface area contributed by atoms with Crippen LogP contribution in [0.15, 0.2) is 45.8 Å². The van der Waals surface area contributed by atoms with Crippen molar-refractivity contribution in [2.24, 2.45) is 0 Å². The maximum Gasteiger partial charge on any atom is 0.292 e. The Hall–Kier alpha value is -2.67. The highest BCUT2D eigenvalue weighted by atomic mass is 35.5. The van der Waals surface area contributed by atoms with Gasteiger partial charge in [-0.15, -0.1) is 0 Å². The largest absolute Gasteiger partial charge is 0.364 e. The van der Waals surface area contributed by atoms with E-state index in [2.05, 4.69) is 15.2 Å². The highest BCUT2D eigenvalue weighted by Crippen LogP contribution is 2.21. The molecule has 0 N–H and O–H groups in total. The zero-order valence-corrected chi connectivity index (χ0v) is 13.4. The Morgan fingerprint density at radius 3 is 2.70 bits per heavy atom. The summed E-state index contributed by atoms with van der Waals surface area (Å²) < 4.78 is 6.19. The molecule has 3 rings (SSSR count). The molecule has 0 saturated carbocycles. The van der Waals surface area contributed by atoms with E-state index in [1.165, 1.54) is 4.68 Å². The van der Waals surface area contributed by atoms with Gasteiger partial charge in [0.05, 0.1) is 24.1 Å². The summed E-state index contributed by atoms with van der Waals surface area (Å²) in [4.78, 5) is 18.3. The molecule has 8 heteroatoms. The van der Waals surface area contributed by atoms with E-state index in [4.69, 9.17) is 16.1 Å². The van der Waals surface area contributed by atoms with Gasteiger partial charge < -0.3 is 9.42 Å². The van der Waals surface area contributed by atoms with Crippen molar-refractivity contribution >= 4 is 17.3 Å². The molecule has 0 fully saturated rings. The summed E-state index contributed by atoms with van der Waals surface area (Å²) in [6, 6.07) is 9.10. The normalized spacial score (nSPS) is 10.7. The number of para-hydroxylation sites is 1. The second-order valence-electron chi connectivity index (χ2n) is 4.98. The number of hydrogen-bond donors (Lipinski definition) is 0. The highest BCUT2D eigenvalue weighted by molar-refractivity contribution is 6.33. The number of hydrogen-bond acceptors (Lipinski definition) is 6. The molecule has 0 aliphatic heterocycles. The highest BCUT2D eigenvalue weighted by Gasteiger charge is 2.15. The molecule has 0 unspecified atom stereocenters. The minimum absolute atomic E-state index is 0.0894. The first-order valence-corrected chi connectivity index (χ1v) is 7.27. The number of benzene rings is 1. The third-order valence-electron chi connectivity index (χ3n) is 3.26. The Bertz CT molecular complexity index is 875. The zero-order valence-electron chi connectivity index (χ0n) is 12.6. The summed E-state index contributed by atoms with van der Waals surface area (Å²) in [5.74, 6) is 0.991. The molecule has 0 atom stereocenters. The molecule has 23 heavy (non-hydrogen) atoms. The molecule has 0 saturated heterocycles. The van der Waals surface area contributed by atoms with Crippen LogP contribution in [-0.4, -0.2) is 27.0 Å². The minimum atomic E-state index is -0.383. The van der Waals surface area contributed by atoms with E-state index in [0.717, 1.165) is 0 Å². The average molecular weight is 332 g/mol. The maximum absolute atomic E-state index is 12.4. The monoisotopic (exact) mass is 331 g/mol. The van der Waals surface area contributed by atoms with E-state index in [-0.39, 0.29) is 10.6 Å². The van der Waals surface area contributed by atoms with Crippen LogP contribution in [-0.2, 0) is 6.54 Å². The number of aryl methyl sites for hydroxylation is 1. The van der Waals surface area contributed by atoms with Gasteiger partial charge in [-0.05, 0) is 12.1 Å². The van der Waals surface area contributed by atoms with Crippen molar-refractivity contribution in [3.63, 3.8) is 0 Å². The van der Waals surface area contributed by atoms with Gasteiger partial charge in [0.1, 0.15) is 5.02 Å². The van der Waals surface area contributed by atoms with E-state index in [1.54, 1.807) is 37.2 Å². The standard InChI is InChI=1S/C15H14ClN5O2/c1-10-18-13(19-23-10)9-20(2)12-8-17-21(15(22)14(12)16)11-6-4-3-5-7-11/h3-8H,9H2,1-2H3. The molecule has 2 heterocycles. The van der Waals surface area contributed by atoms with Gasteiger partial charge in [-0.2, -0.15) is 14.8 Å². The fourth-order valence-corrected chi connectivity index (χ4v) is 2.42. The summed E-state index contributed by atoms with van der Waals surface area (Å²) in [7, 11) is 1.78. The molecule has 0 aliphatic carbocycles. The molecule has 0 spiro atoms. The lowest BCUT2D eigenvalue weighted by atomic mass is 10.3. The van der Waals surface area contributed by atoms with Crippen LogP contribution >= 0.6 is 11.6 Å². The number of halogens is 1. The number of aromatic nitrogens is 4. The van der Waals surface area contributed by atoms with E-state index in [0.29, 0.717) is 29.6 Å². The second-order valence-corrected chi connectivity index (χ2v) is 5.36. The van der Waals surface area contributed by atoms with Gasteiger partial charge in [-0.3, -0.25) is 4.79 Å². The van der Waals surface area contributed by atoms with Crippen LogP contribution in [0, 0.1) is 6.92 Å². The number of anilines is 1. The van der Waals surface area contributed by atoms with Crippen molar-refractivity contribution in [1.29, 1.82) is 0 Å². The molecule has 0 radical (unpaired) electrons. The molecular formula is C15H14ClN5O2. The van der Waals surface area contributed by atoms with E-state index < -0.39 is 0 Å². The molecule has 1 aromatic carbocycles. The lowest BCUT2D eigenvalue weighted by molar-refractivity contribution is 0.387. The Balaban J connectivity index is 1.92. The fraction of sp³-hybridized carbons (Fsp3) is 0.200. The summed E-state index contributed by atoms with van der Waals surface area (Å²) in [5, 5.41) is 8.10. The molecular weight excluding hydrogens is 318 g/mol. The van der Waals surface area contributed by atoms with Gasteiger partial charge in [-0.25, -0.2) is 0 Å². The van der Waals surface area contributed by atoms with Crippen LogP contribution in [0.2, 0.25) is 5.02 Å². The molecule has 3 aromatic rings. The summed E-state index contributed by atoms with van der Waals surface area (Å²) in [6.45, 7) is 2.07. The zero-order chi connectivity index (χ0) is 16.4. The van der Waals surface area contributed by atoms with Crippen LogP contribution < -0.4 is 10.5 Å². The topological polar surface area (TPSA) is 77.1 Å². The number of nitrogens with zero attached hydrogens (tertiary/aromatic N) is 5. The van der Waals surface area contributed by atoms with Crippen molar-refractivity contribution in [3.8, 4) is 5.69 Å². The lowest BCUT2D eigenvalue weighted by Gasteiger charge is -2.18. The third-order valence-corrected chi connectivity index (χ3v) is 3.62. The smallest absolute Gasteiger partial charge is 0.292 e. The van der Waals surface area contributed by atoms with Crippen LogP contribution in [0.5, 0.6) is 0 Å². The van der Waals surface area contributed by atoms with Crippen LogP contribution in [0.3, 0.4) is 0 Å². The Morgan fingerprint density at radius 2 is 2.04 bits per heavy atom. The van der Waals surface area contributed by atoms with Crippen LogP contribution in [0.4, 0.5) is 5.69 Å². The molecule has 118 valence electrons. The Labute approximate surface area is 137 Å². The predicted molar refractivity (Wildman–Crippen MR) is 86.0 cm³/mol. The van der Waals surface area contributed by atoms with Gasteiger partial charge in [0.25, 0.3) is 5.56 Å². The fourth-order valence-electron chi connectivity index (χ4n) is 2.15. The molecule has 0 bridgehead atoms. The molecule has 0 amide bonds. The van der Waals surface area contributed by atoms with E-state index in [9.17, 15) is 4.79 Å². The lowest BCUT2D eigenvalue weighted by Crippen LogP contribution is -2.26. The first-order valence-electron chi connectivity index (χ1n) is 6.90. The maximum atomic E-state index is 12.4. The predicted octanol–water partition coefficient (Wildman–Crippen LogP) is 2.21. The molecule has 2 aromatic heterocycles. The quantitative estimate of drug-likeness (QED) is 0.729. The first-order chi connectivity index (χ1) is 11.1. The van der Waals surface area contributed by atoms with Gasteiger partial charge in [-0.1, -0.05) is 35.0 Å². The molecule has 7 nitrogen and oxygen atoms in total. The van der Waals surface area contributed by atoms with Crippen LogP contribution in [0.25, 0.3) is 5.69 Å². The molecule has 0 aliphatic rings. The van der Waals surface area contributed by atoms with Crippen molar-refractivity contribution in [2.45, 2.75) is 13.5 Å². The summed E-state index contributed by atoms with van der Waals surface area (Å²) in [6.07, 6.45) is 1.55. The van der Waals surface area contributed by atoms with E-state index >= 15 is 0 Å². The van der Waals surface area contributed by atoms with Gasteiger partial charge in [0.2, 0.25) is 5.89 Å². The average Bonchev–Trinajstić information content (AvgIpc) is 2.95. The van der Waals surface area contributed by atoms with E-state index in [1.807, 2.05) is 18.2 Å². The minimum Gasteiger partial charge on any atom is -0.364 e.